The van der Waals surface area contributed by atoms with Gasteiger partial charge in [-0.3, -0.25) is 4.79 Å². The van der Waals surface area contributed by atoms with Gasteiger partial charge in [0.1, 0.15) is 5.82 Å². The highest BCUT2D eigenvalue weighted by Crippen LogP contribution is 2.22. The summed E-state index contributed by atoms with van der Waals surface area (Å²) in [5.41, 5.74) is 12.1. The summed E-state index contributed by atoms with van der Waals surface area (Å²) in [4.78, 5) is 24.8. The molecule has 138 valence electrons. The molecule has 1 atom stereocenters. The minimum Gasteiger partial charge on any atom is -0.352 e. The van der Waals surface area contributed by atoms with E-state index in [1.165, 1.54) is 12.1 Å². The molecule has 0 unspecified atom stereocenters. The summed E-state index contributed by atoms with van der Waals surface area (Å²) < 4.78 is 12.9. The van der Waals surface area contributed by atoms with Crippen LogP contribution in [0, 0.1) is 11.7 Å². The summed E-state index contributed by atoms with van der Waals surface area (Å²) >= 11 is 0. The van der Waals surface area contributed by atoms with Crippen molar-refractivity contribution >= 4 is 11.9 Å². The maximum atomic E-state index is 12.9. The van der Waals surface area contributed by atoms with Gasteiger partial charge in [-0.1, -0.05) is 12.1 Å². The van der Waals surface area contributed by atoms with Crippen LogP contribution < -0.4 is 16.8 Å². The van der Waals surface area contributed by atoms with Gasteiger partial charge in [0.05, 0.1) is 6.04 Å². The third-order valence-corrected chi connectivity index (χ3v) is 4.67. The molecule has 1 aliphatic rings. The number of rotatable bonds is 7. The molecule has 25 heavy (non-hydrogen) atoms. The first-order valence-electron chi connectivity index (χ1n) is 8.78. The van der Waals surface area contributed by atoms with Gasteiger partial charge in [0.2, 0.25) is 5.91 Å². The molecule has 2 rings (SSSR count). The van der Waals surface area contributed by atoms with Crippen molar-refractivity contribution in [3.05, 3.63) is 35.6 Å². The van der Waals surface area contributed by atoms with E-state index in [1.54, 1.807) is 0 Å². The molecule has 0 spiro atoms. The van der Waals surface area contributed by atoms with Gasteiger partial charge in [-0.2, -0.15) is 0 Å². The molecule has 3 amide bonds. The summed E-state index contributed by atoms with van der Waals surface area (Å²) in [5.74, 6) is 0.258. The van der Waals surface area contributed by atoms with E-state index in [0.717, 1.165) is 24.8 Å². The predicted octanol–water partition coefficient (Wildman–Crippen LogP) is 1.38. The van der Waals surface area contributed by atoms with Crippen LogP contribution in [0.4, 0.5) is 9.18 Å². The van der Waals surface area contributed by atoms with Gasteiger partial charge < -0.3 is 21.7 Å². The molecule has 0 saturated carbocycles. The number of amides is 3. The Morgan fingerprint density at radius 2 is 1.88 bits per heavy atom. The summed E-state index contributed by atoms with van der Waals surface area (Å²) in [6.07, 6.45) is 3.91. The fraction of sp³-hybridized carbons (Fsp3) is 0.556. The minimum absolute atomic E-state index is 0.0284. The summed E-state index contributed by atoms with van der Waals surface area (Å²) in [5, 5.41) is 2.49. The molecule has 0 aromatic heterocycles. The SMILES string of the molecule is NC(=O)NCCC[C@H](N)C(=O)N1CCC(Cc2ccc(F)cc2)CC1. The van der Waals surface area contributed by atoms with Crippen molar-refractivity contribution in [2.45, 2.75) is 38.1 Å². The van der Waals surface area contributed by atoms with Crippen LogP contribution in [0.3, 0.4) is 0 Å². The molecule has 1 heterocycles. The summed E-state index contributed by atoms with van der Waals surface area (Å²) in [6, 6.07) is 5.51. The molecule has 1 aromatic carbocycles. The van der Waals surface area contributed by atoms with Crippen molar-refractivity contribution in [3.63, 3.8) is 0 Å². The number of carbonyl (C=O) groups is 2. The van der Waals surface area contributed by atoms with Gasteiger partial charge >= 0.3 is 6.03 Å². The quantitative estimate of drug-likeness (QED) is 0.648. The van der Waals surface area contributed by atoms with Gasteiger partial charge in [-0.25, -0.2) is 9.18 Å². The fourth-order valence-electron chi connectivity index (χ4n) is 3.20. The first-order valence-corrected chi connectivity index (χ1v) is 8.78. The van der Waals surface area contributed by atoms with E-state index in [0.29, 0.717) is 38.4 Å². The van der Waals surface area contributed by atoms with Crippen LogP contribution in [0.5, 0.6) is 0 Å². The van der Waals surface area contributed by atoms with Gasteiger partial charge in [0, 0.05) is 19.6 Å². The highest BCUT2D eigenvalue weighted by atomic mass is 19.1. The Balaban J connectivity index is 1.70. The normalized spacial score (nSPS) is 16.5. The number of benzene rings is 1. The van der Waals surface area contributed by atoms with Gasteiger partial charge in [0.25, 0.3) is 0 Å². The molecule has 1 aromatic rings. The Bertz CT molecular complexity index is 571. The average Bonchev–Trinajstić information content (AvgIpc) is 2.60. The first-order chi connectivity index (χ1) is 12.0. The van der Waals surface area contributed by atoms with Crippen LogP contribution in [0.15, 0.2) is 24.3 Å². The highest BCUT2D eigenvalue weighted by molar-refractivity contribution is 5.81. The molecular formula is C18H27FN4O2. The molecule has 1 aliphatic heterocycles. The maximum absolute atomic E-state index is 12.9. The average molecular weight is 350 g/mol. The Morgan fingerprint density at radius 1 is 1.24 bits per heavy atom. The van der Waals surface area contributed by atoms with Crippen LogP contribution in [0.25, 0.3) is 0 Å². The molecule has 5 N–H and O–H groups in total. The maximum Gasteiger partial charge on any atom is 0.312 e. The standard InChI is InChI=1S/C18H27FN4O2/c19-15-5-3-13(4-6-15)12-14-7-10-23(11-8-14)17(24)16(20)2-1-9-22-18(21)25/h3-6,14,16H,1-2,7-12,20H2,(H3,21,22,25)/t16-/m0/s1. The Labute approximate surface area is 147 Å². The topological polar surface area (TPSA) is 101 Å². The molecule has 1 fully saturated rings. The smallest absolute Gasteiger partial charge is 0.312 e. The molecule has 0 bridgehead atoms. The molecule has 0 radical (unpaired) electrons. The number of urea groups is 1. The number of hydrogen-bond acceptors (Lipinski definition) is 3. The first kappa shape index (κ1) is 19.2. The van der Waals surface area contributed by atoms with Gasteiger partial charge in [-0.15, -0.1) is 0 Å². The van der Waals surface area contributed by atoms with E-state index in [1.807, 2.05) is 17.0 Å². The van der Waals surface area contributed by atoms with E-state index in [-0.39, 0.29) is 11.7 Å². The number of likely N-dealkylation sites (tertiary alicyclic amines) is 1. The lowest BCUT2D eigenvalue weighted by molar-refractivity contribution is -0.134. The monoisotopic (exact) mass is 350 g/mol. The van der Waals surface area contributed by atoms with Gasteiger partial charge in [0.15, 0.2) is 0 Å². The lowest BCUT2D eigenvalue weighted by atomic mass is 9.90. The number of hydrogen-bond donors (Lipinski definition) is 3. The number of halogens is 1. The zero-order chi connectivity index (χ0) is 18.2. The molecule has 1 saturated heterocycles. The van der Waals surface area contributed by atoms with Crippen molar-refractivity contribution < 1.29 is 14.0 Å². The molecule has 6 nitrogen and oxygen atoms in total. The number of nitrogens with zero attached hydrogens (tertiary/aromatic N) is 1. The highest BCUT2D eigenvalue weighted by Gasteiger charge is 2.26. The van der Waals surface area contributed by atoms with E-state index in [2.05, 4.69) is 5.32 Å². The lowest BCUT2D eigenvalue weighted by Gasteiger charge is -2.33. The largest absolute Gasteiger partial charge is 0.352 e. The zero-order valence-corrected chi connectivity index (χ0v) is 14.4. The molecular weight excluding hydrogens is 323 g/mol. The number of nitrogens with one attached hydrogen (secondary N) is 1. The molecule has 0 aliphatic carbocycles. The van der Waals surface area contributed by atoms with Gasteiger partial charge in [-0.05, 0) is 55.7 Å². The van der Waals surface area contributed by atoms with E-state index in [4.69, 9.17) is 11.5 Å². The van der Waals surface area contributed by atoms with Crippen molar-refractivity contribution in [3.8, 4) is 0 Å². The number of primary amides is 1. The fourth-order valence-corrected chi connectivity index (χ4v) is 3.20. The van der Waals surface area contributed by atoms with Crippen molar-refractivity contribution in [1.82, 2.24) is 10.2 Å². The van der Waals surface area contributed by atoms with Crippen LogP contribution in [0.1, 0.15) is 31.2 Å². The van der Waals surface area contributed by atoms with Crippen molar-refractivity contribution in [1.29, 1.82) is 0 Å². The summed E-state index contributed by atoms with van der Waals surface area (Å²) in [7, 11) is 0. The zero-order valence-electron chi connectivity index (χ0n) is 14.4. The minimum atomic E-state index is -0.567. The van der Waals surface area contributed by atoms with Crippen LogP contribution in [-0.2, 0) is 11.2 Å². The number of carbonyl (C=O) groups excluding carboxylic acids is 2. The third kappa shape index (κ3) is 6.34. The second-order valence-electron chi connectivity index (χ2n) is 6.64. The summed E-state index contributed by atoms with van der Waals surface area (Å²) in [6.45, 7) is 1.84. The van der Waals surface area contributed by atoms with Crippen molar-refractivity contribution in [2.75, 3.05) is 19.6 Å². The second-order valence-corrected chi connectivity index (χ2v) is 6.64. The van der Waals surface area contributed by atoms with E-state index >= 15 is 0 Å². The Kier molecular flexibility index (Phi) is 7.18. The second kappa shape index (κ2) is 9.36. The lowest BCUT2D eigenvalue weighted by Crippen LogP contribution is -2.47. The van der Waals surface area contributed by atoms with E-state index < -0.39 is 12.1 Å². The number of piperidine rings is 1. The Morgan fingerprint density at radius 3 is 2.48 bits per heavy atom. The van der Waals surface area contributed by atoms with Crippen LogP contribution in [0.2, 0.25) is 0 Å². The third-order valence-electron chi connectivity index (χ3n) is 4.67. The predicted molar refractivity (Wildman–Crippen MR) is 94.2 cm³/mol. The van der Waals surface area contributed by atoms with E-state index in [9.17, 15) is 14.0 Å². The molecule has 7 heteroatoms. The van der Waals surface area contributed by atoms with Crippen LogP contribution in [-0.4, -0.2) is 42.5 Å². The van der Waals surface area contributed by atoms with Crippen LogP contribution >= 0.6 is 0 Å². The van der Waals surface area contributed by atoms with Crippen molar-refractivity contribution in [2.24, 2.45) is 17.4 Å². The Hall–Kier alpha value is -2.15. The number of nitrogens with two attached hydrogens (primary N) is 2.